The Morgan fingerprint density at radius 3 is 3.00 bits per heavy atom. The molecule has 1 amide bonds. The largest absolute Gasteiger partial charge is 0.310 e. The highest BCUT2D eigenvalue weighted by molar-refractivity contribution is 7.16. The molecule has 0 fully saturated rings. The average molecular weight is 316 g/mol. The van der Waals surface area contributed by atoms with Crippen molar-refractivity contribution < 1.29 is 9.18 Å². The molecular formula is C15H13FN4OS. The van der Waals surface area contributed by atoms with Crippen molar-refractivity contribution in [3.05, 3.63) is 59.4 Å². The van der Waals surface area contributed by atoms with Gasteiger partial charge in [-0.15, -0.1) is 6.58 Å². The molecule has 0 atom stereocenters. The Morgan fingerprint density at radius 2 is 2.32 bits per heavy atom. The van der Waals surface area contributed by atoms with Crippen LogP contribution < -0.4 is 4.80 Å². The summed E-state index contributed by atoms with van der Waals surface area (Å²) in [6.45, 7) is 4.04. The number of aryl methyl sites for hydroxylation is 1. The van der Waals surface area contributed by atoms with Gasteiger partial charge < -0.3 is 4.57 Å². The lowest BCUT2D eigenvalue weighted by molar-refractivity contribution is 0.0992. The minimum absolute atomic E-state index is 0.255. The zero-order chi connectivity index (χ0) is 15.7. The number of para-hydroxylation sites is 1. The molecule has 22 heavy (non-hydrogen) atoms. The summed E-state index contributed by atoms with van der Waals surface area (Å²) in [5, 5.41) is 4.03. The van der Waals surface area contributed by atoms with Crippen molar-refractivity contribution in [2.75, 3.05) is 0 Å². The number of hydrogen-bond acceptors (Lipinski definition) is 3. The van der Waals surface area contributed by atoms with Crippen LogP contribution in [0, 0.1) is 5.82 Å². The van der Waals surface area contributed by atoms with Crippen LogP contribution in [0.1, 0.15) is 10.5 Å². The molecule has 0 saturated heterocycles. The first-order valence-electron chi connectivity index (χ1n) is 6.57. The van der Waals surface area contributed by atoms with Crippen LogP contribution in [0.15, 0.2) is 48.1 Å². The maximum Gasteiger partial charge on any atom is 0.300 e. The van der Waals surface area contributed by atoms with Gasteiger partial charge in [0.15, 0.2) is 10.5 Å². The number of rotatable bonds is 3. The van der Waals surface area contributed by atoms with Gasteiger partial charge in [-0.3, -0.25) is 9.48 Å². The molecule has 0 aliphatic heterocycles. The van der Waals surface area contributed by atoms with Gasteiger partial charge in [-0.25, -0.2) is 4.39 Å². The molecular weight excluding hydrogens is 303 g/mol. The van der Waals surface area contributed by atoms with Gasteiger partial charge >= 0.3 is 0 Å². The Hall–Kier alpha value is -2.54. The van der Waals surface area contributed by atoms with E-state index in [9.17, 15) is 9.18 Å². The first kappa shape index (κ1) is 14.4. The number of halogens is 1. The summed E-state index contributed by atoms with van der Waals surface area (Å²) < 4.78 is 18.0. The molecule has 0 aliphatic rings. The molecule has 2 heterocycles. The number of hydrogen-bond donors (Lipinski definition) is 0. The number of amides is 1. The van der Waals surface area contributed by atoms with E-state index in [1.807, 2.05) is 0 Å². The average Bonchev–Trinajstić information content (AvgIpc) is 3.05. The quantitative estimate of drug-likeness (QED) is 0.697. The summed E-state index contributed by atoms with van der Waals surface area (Å²) in [5.74, 6) is -0.798. The Balaban J connectivity index is 2.19. The van der Waals surface area contributed by atoms with Crippen LogP contribution in [0.2, 0.25) is 0 Å². The molecule has 112 valence electrons. The molecule has 2 aromatic heterocycles. The fourth-order valence-corrected chi connectivity index (χ4v) is 3.20. The topological polar surface area (TPSA) is 52.2 Å². The van der Waals surface area contributed by atoms with E-state index >= 15 is 0 Å². The third kappa shape index (κ3) is 2.50. The first-order chi connectivity index (χ1) is 10.6. The van der Waals surface area contributed by atoms with Crippen molar-refractivity contribution >= 4 is 27.5 Å². The van der Waals surface area contributed by atoms with Crippen LogP contribution in [0.4, 0.5) is 4.39 Å². The second-order valence-corrected chi connectivity index (χ2v) is 5.67. The standard InChI is InChI=1S/C15H13FN4OS/c1-3-8-20-13-10(16)5-4-6-12(13)22-15(20)17-14(21)11-7-9-19(2)18-11/h3-7,9H,1,8H2,2H3. The van der Waals surface area contributed by atoms with Crippen molar-refractivity contribution in [1.82, 2.24) is 14.3 Å². The van der Waals surface area contributed by atoms with Crippen LogP contribution in [0.25, 0.3) is 10.2 Å². The molecule has 0 radical (unpaired) electrons. The van der Waals surface area contributed by atoms with Crippen LogP contribution in [0.3, 0.4) is 0 Å². The SMILES string of the molecule is C=CCn1c(=NC(=O)c2ccn(C)n2)sc2cccc(F)c21. The third-order valence-corrected chi connectivity index (χ3v) is 4.14. The number of benzene rings is 1. The highest BCUT2D eigenvalue weighted by Crippen LogP contribution is 2.20. The lowest BCUT2D eigenvalue weighted by atomic mass is 10.3. The van der Waals surface area contributed by atoms with Crippen molar-refractivity contribution in [3.63, 3.8) is 0 Å². The monoisotopic (exact) mass is 316 g/mol. The van der Waals surface area contributed by atoms with Crippen molar-refractivity contribution in [3.8, 4) is 0 Å². The third-order valence-electron chi connectivity index (χ3n) is 3.09. The zero-order valence-corrected chi connectivity index (χ0v) is 12.7. The summed E-state index contributed by atoms with van der Waals surface area (Å²) in [4.78, 5) is 16.7. The number of allylic oxidation sites excluding steroid dienone is 1. The fourth-order valence-electron chi connectivity index (χ4n) is 2.14. The molecule has 0 unspecified atom stereocenters. The first-order valence-corrected chi connectivity index (χ1v) is 7.39. The maximum atomic E-state index is 14.1. The normalized spacial score (nSPS) is 12.0. The molecule has 0 saturated carbocycles. The van der Waals surface area contributed by atoms with E-state index in [2.05, 4.69) is 16.7 Å². The van der Waals surface area contributed by atoms with Gasteiger partial charge in [0.05, 0.1) is 10.2 Å². The zero-order valence-electron chi connectivity index (χ0n) is 11.9. The van der Waals surface area contributed by atoms with Crippen molar-refractivity contribution in [2.45, 2.75) is 6.54 Å². The number of nitrogens with zero attached hydrogens (tertiary/aromatic N) is 4. The molecule has 0 aliphatic carbocycles. The molecule has 0 bridgehead atoms. The lowest BCUT2D eigenvalue weighted by Gasteiger charge is -2.01. The summed E-state index contributed by atoms with van der Waals surface area (Å²) in [6, 6.07) is 6.42. The number of thiazole rings is 1. The van der Waals surface area contributed by atoms with E-state index in [-0.39, 0.29) is 11.5 Å². The van der Waals surface area contributed by atoms with Gasteiger partial charge in [-0.2, -0.15) is 10.1 Å². The van der Waals surface area contributed by atoms with Crippen LogP contribution in [-0.4, -0.2) is 20.3 Å². The van der Waals surface area contributed by atoms with Crippen molar-refractivity contribution in [2.24, 2.45) is 12.0 Å². The molecule has 3 aromatic rings. The van der Waals surface area contributed by atoms with Gasteiger partial charge in [0, 0.05) is 19.8 Å². The van der Waals surface area contributed by atoms with E-state index in [1.54, 1.807) is 42.1 Å². The molecule has 0 spiro atoms. The molecule has 5 nitrogen and oxygen atoms in total. The van der Waals surface area contributed by atoms with Crippen LogP contribution >= 0.6 is 11.3 Å². The van der Waals surface area contributed by atoms with Gasteiger partial charge in [0.1, 0.15) is 5.82 Å². The van der Waals surface area contributed by atoms with Gasteiger partial charge in [0.2, 0.25) is 0 Å². The van der Waals surface area contributed by atoms with Gasteiger partial charge in [-0.1, -0.05) is 23.5 Å². The minimum atomic E-state index is -0.453. The van der Waals surface area contributed by atoms with E-state index in [0.29, 0.717) is 16.9 Å². The van der Waals surface area contributed by atoms with Crippen LogP contribution in [-0.2, 0) is 13.6 Å². The minimum Gasteiger partial charge on any atom is -0.310 e. The number of carbonyl (C=O) groups excluding carboxylic acids is 1. The van der Waals surface area contributed by atoms with Crippen LogP contribution in [0.5, 0.6) is 0 Å². The summed E-state index contributed by atoms with van der Waals surface area (Å²) in [7, 11) is 1.73. The number of carbonyl (C=O) groups is 1. The predicted molar refractivity (Wildman–Crippen MR) is 83.1 cm³/mol. The molecule has 3 rings (SSSR count). The van der Waals surface area contributed by atoms with Gasteiger partial charge in [0.25, 0.3) is 5.91 Å². The summed E-state index contributed by atoms with van der Waals surface area (Å²) >= 11 is 1.26. The van der Waals surface area contributed by atoms with E-state index < -0.39 is 5.91 Å². The van der Waals surface area contributed by atoms with E-state index in [4.69, 9.17) is 0 Å². The Bertz CT molecular complexity index is 935. The number of aromatic nitrogens is 3. The summed E-state index contributed by atoms with van der Waals surface area (Å²) in [6.07, 6.45) is 3.31. The fraction of sp³-hybridized carbons (Fsp3) is 0.133. The Morgan fingerprint density at radius 1 is 1.50 bits per heavy atom. The molecule has 1 aromatic carbocycles. The summed E-state index contributed by atoms with van der Waals surface area (Å²) in [5.41, 5.74) is 0.686. The van der Waals surface area contributed by atoms with E-state index in [0.717, 1.165) is 4.70 Å². The second-order valence-electron chi connectivity index (χ2n) is 4.66. The predicted octanol–water partition coefficient (Wildman–Crippen LogP) is 2.50. The highest BCUT2D eigenvalue weighted by Gasteiger charge is 2.12. The number of fused-ring (bicyclic) bond motifs is 1. The second kappa shape index (κ2) is 5.69. The highest BCUT2D eigenvalue weighted by atomic mass is 32.1. The van der Waals surface area contributed by atoms with E-state index in [1.165, 1.54) is 22.1 Å². The Labute approximate surface area is 129 Å². The molecule has 7 heteroatoms. The Kier molecular flexibility index (Phi) is 3.72. The molecule has 0 N–H and O–H groups in total. The van der Waals surface area contributed by atoms with Gasteiger partial charge in [-0.05, 0) is 18.2 Å². The lowest BCUT2D eigenvalue weighted by Crippen LogP contribution is -2.17. The smallest absolute Gasteiger partial charge is 0.300 e. The van der Waals surface area contributed by atoms with Crippen molar-refractivity contribution in [1.29, 1.82) is 0 Å². The maximum absolute atomic E-state index is 14.1.